The van der Waals surface area contributed by atoms with Crippen LogP contribution in [0.5, 0.6) is 0 Å². The van der Waals surface area contributed by atoms with Crippen molar-refractivity contribution in [3.63, 3.8) is 0 Å². The summed E-state index contributed by atoms with van der Waals surface area (Å²) in [5, 5.41) is 0. The van der Waals surface area contributed by atoms with Crippen LogP contribution in [0.15, 0.2) is 0 Å². The second-order valence-electron chi connectivity index (χ2n) is 6.74. The van der Waals surface area contributed by atoms with E-state index in [4.69, 9.17) is 4.74 Å². The lowest BCUT2D eigenvalue weighted by atomic mass is 9.66. The first-order valence-electron chi connectivity index (χ1n) is 6.44. The van der Waals surface area contributed by atoms with Gasteiger partial charge in [0, 0.05) is 24.8 Å². The van der Waals surface area contributed by atoms with Crippen LogP contribution in [-0.2, 0) is 4.74 Å². The first-order chi connectivity index (χ1) is 7.70. The average molecular weight is 247 g/mol. The summed E-state index contributed by atoms with van der Waals surface area (Å²) in [5.41, 5.74) is -0.552. The lowest BCUT2D eigenvalue weighted by Gasteiger charge is -2.51. The van der Waals surface area contributed by atoms with E-state index in [-0.39, 0.29) is 23.9 Å². The molecule has 4 heteroatoms. The van der Waals surface area contributed by atoms with Crippen LogP contribution in [0.3, 0.4) is 0 Å². The van der Waals surface area contributed by atoms with Gasteiger partial charge in [0.15, 0.2) is 0 Å². The molecule has 2 aliphatic rings. The number of hydrogen-bond donors (Lipinski definition) is 0. The molecule has 0 radical (unpaired) electrons. The molecule has 1 heterocycles. The largest absolute Gasteiger partial charge is 0.375 e. The van der Waals surface area contributed by atoms with Crippen LogP contribution < -0.4 is 0 Å². The normalized spacial score (nSPS) is 27.4. The number of halogens is 2. The molecule has 0 aromatic heterocycles. The van der Waals surface area contributed by atoms with Gasteiger partial charge in [0.2, 0.25) is 5.92 Å². The predicted molar refractivity (Wildman–Crippen MR) is 63.4 cm³/mol. The number of rotatable bonds is 4. The third-order valence-electron chi connectivity index (χ3n) is 3.59. The van der Waals surface area contributed by atoms with Crippen LogP contribution in [0, 0.1) is 5.41 Å². The van der Waals surface area contributed by atoms with E-state index in [0.717, 1.165) is 19.6 Å². The Bertz CT molecular complexity index is 274. The van der Waals surface area contributed by atoms with E-state index in [1.54, 1.807) is 0 Å². The van der Waals surface area contributed by atoms with Gasteiger partial charge in [-0.15, -0.1) is 0 Å². The number of hydrogen-bond acceptors (Lipinski definition) is 2. The zero-order chi connectivity index (χ0) is 12.7. The van der Waals surface area contributed by atoms with E-state index in [1.165, 1.54) is 6.42 Å². The molecule has 0 atom stereocenters. The van der Waals surface area contributed by atoms with Crippen molar-refractivity contribution >= 4 is 0 Å². The van der Waals surface area contributed by atoms with Gasteiger partial charge in [-0.25, -0.2) is 8.78 Å². The van der Waals surface area contributed by atoms with Gasteiger partial charge in [0.05, 0.1) is 12.2 Å². The highest BCUT2D eigenvalue weighted by Gasteiger charge is 2.57. The molecule has 0 N–H and O–H groups in total. The van der Waals surface area contributed by atoms with Crippen molar-refractivity contribution in [2.75, 3.05) is 26.2 Å². The van der Waals surface area contributed by atoms with Crippen LogP contribution in [0.2, 0.25) is 0 Å². The third-order valence-corrected chi connectivity index (χ3v) is 3.59. The van der Waals surface area contributed by atoms with E-state index in [9.17, 15) is 8.78 Å². The maximum absolute atomic E-state index is 13.2. The van der Waals surface area contributed by atoms with Gasteiger partial charge in [0.1, 0.15) is 0 Å². The minimum absolute atomic E-state index is 0.00736. The monoisotopic (exact) mass is 247 g/mol. The van der Waals surface area contributed by atoms with Crippen LogP contribution in [0.1, 0.15) is 40.0 Å². The highest BCUT2D eigenvalue weighted by molar-refractivity contribution is 5.01. The summed E-state index contributed by atoms with van der Waals surface area (Å²) in [6.45, 7) is 9.27. The molecule has 1 aliphatic heterocycles. The quantitative estimate of drug-likeness (QED) is 0.757. The summed E-state index contributed by atoms with van der Waals surface area (Å²) in [4.78, 5) is 2.27. The number of likely N-dealkylation sites (tertiary alicyclic amines) is 1. The van der Waals surface area contributed by atoms with Gasteiger partial charge < -0.3 is 9.64 Å². The molecule has 2 fully saturated rings. The molecule has 2 rings (SSSR count). The molecule has 0 amide bonds. The molecular formula is C13H23F2NO. The minimum atomic E-state index is -2.47. The number of nitrogens with zero attached hydrogens (tertiary/aromatic N) is 1. The molecule has 100 valence electrons. The summed E-state index contributed by atoms with van der Waals surface area (Å²) in [6.07, 6.45) is 1.19. The number of ether oxygens (including phenoxy) is 1. The zero-order valence-corrected chi connectivity index (χ0v) is 11.1. The standard InChI is InChI=1S/C13H23F2NO/c1-11(2,3)17-10-12(7-13(14,15)8-12)9-16-5-4-6-16/h4-10H2,1-3H3. The van der Waals surface area contributed by atoms with Crippen molar-refractivity contribution in [2.45, 2.75) is 51.6 Å². The van der Waals surface area contributed by atoms with Gasteiger partial charge in [-0.3, -0.25) is 0 Å². The van der Waals surface area contributed by atoms with Crippen molar-refractivity contribution < 1.29 is 13.5 Å². The van der Waals surface area contributed by atoms with Crippen molar-refractivity contribution in [3.8, 4) is 0 Å². The van der Waals surface area contributed by atoms with Crippen LogP contribution in [0.25, 0.3) is 0 Å². The summed E-state index contributed by atoms with van der Waals surface area (Å²) in [6, 6.07) is 0. The zero-order valence-electron chi connectivity index (χ0n) is 11.1. The second kappa shape index (κ2) is 4.16. The fourth-order valence-corrected chi connectivity index (χ4v) is 2.69. The Balaban J connectivity index is 1.89. The van der Waals surface area contributed by atoms with Gasteiger partial charge in [0.25, 0.3) is 0 Å². The molecule has 1 aliphatic carbocycles. The van der Waals surface area contributed by atoms with E-state index in [1.807, 2.05) is 20.8 Å². The highest BCUT2D eigenvalue weighted by atomic mass is 19.3. The Hall–Kier alpha value is -0.220. The van der Waals surface area contributed by atoms with Gasteiger partial charge in [-0.2, -0.15) is 0 Å². The van der Waals surface area contributed by atoms with E-state index < -0.39 is 5.92 Å². The first-order valence-corrected chi connectivity index (χ1v) is 6.44. The van der Waals surface area contributed by atoms with Crippen molar-refractivity contribution in [2.24, 2.45) is 5.41 Å². The second-order valence-corrected chi connectivity index (χ2v) is 6.74. The molecule has 1 saturated heterocycles. The molecule has 0 spiro atoms. The van der Waals surface area contributed by atoms with Gasteiger partial charge in [-0.05, 0) is 40.3 Å². The fraction of sp³-hybridized carbons (Fsp3) is 1.00. The Morgan fingerprint density at radius 3 is 2.12 bits per heavy atom. The van der Waals surface area contributed by atoms with Crippen LogP contribution in [0.4, 0.5) is 8.78 Å². The molecule has 17 heavy (non-hydrogen) atoms. The predicted octanol–water partition coefficient (Wildman–Crippen LogP) is 2.92. The highest BCUT2D eigenvalue weighted by Crippen LogP contribution is 2.53. The first kappa shape index (κ1) is 13.2. The maximum atomic E-state index is 13.2. The van der Waals surface area contributed by atoms with E-state index >= 15 is 0 Å². The van der Waals surface area contributed by atoms with Crippen molar-refractivity contribution in [3.05, 3.63) is 0 Å². The Morgan fingerprint density at radius 1 is 1.18 bits per heavy atom. The Kier molecular flexibility index (Phi) is 3.24. The Morgan fingerprint density at radius 2 is 1.76 bits per heavy atom. The minimum Gasteiger partial charge on any atom is -0.375 e. The summed E-state index contributed by atoms with van der Waals surface area (Å²) in [7, 11) is 0. The lowest BCUT2D eigenvalue weighted by molar-refractivity contribution is -0.205. The summed E-state index contributed by atoms with van der Waals surface area (Å²) < 4.78 is 32.0. The third kappa shape index (κ3) is 3.38. The molecular weight excluding hydrogens is 224 g/mol. The molecule has 1 saturated carbocycles. The van der Waals surface area contributed by atoms with Crippen molar-refractivity contribution in [1.82, 2.24) is 4.90 Å². The molecule has 0 unspecified atom stereocenters. The lowest BCUT2D eigenvalue weighted by Crippen LogP contribution is -2.57. The molecule has 2 nitrogen and oxygen atoms in total. The van der Waals surface area contributed by atoms with Crippen molar-refractivity contribution in [1.29, 1.82) is 0 Å². The topological polar surface area (TPSA) is 12.5 Å². The summed E-state index contributed by atoms with van der Waals surface area (Å²) >= 11 is 0. The molecule has 0 aromatic rings. The molecule has 0 bridgehead atoms. The smallest absolute Gasteiger partial charge is 0.249 e. The fourth-order valence-electron chi connectivity index (χ4n) is 2.69. The average Bonchev–Trinajstić information content (AvgIpc) is 2.03. The maximum Gasteiger partial charge on any atom is 0.249 e. The van der Waals surface area contributed by atoms with Crippen LogP contribution in [-0.4, -0.2) is 42.7 Å². The molecule has 0 aromatic carbocycles. The SMILES string of the molecule is CC(C)(C)OCC1(CN2CCC2)CC(F)(F)C1. The van der Waals surface area contributed by atoms with Gasteiger partial charge in [-0.1, -0.05) is 0 Å². The number of alkyl halides is 2. The van der Waals surface area contributed by atoms with Gasteiger partial charge >= 0.3 is 0 Å². The van der Waals surface area contributed by atoms with E-state index in [0.29, 0.717) is 6.61 Å². The van der Waals surface area contributed by atoms with Crippen LogP contribution >= 0.6 is 0 Å². The Labute approximate surface area is 102 Å². The van der Waals surface area contributed by atoms with E-state index in [2.05, 4.69) is 4.90 Å². The summed E-state index contributed by atoms with van der Waals surface area (Å²) in [5.74, 6) is -2.47.